The van der Waals surface area contributed by atoms with Crippen LogP contribution in [0.1, 0.15) is 17.7 Å². The van der Waals surface area contributed by atoms with E-state index in [1.165, 1.54) is 4.57 Å². The minimum absolute atomic E-state index is 0.0227. The third-order valence-electron chi connectivity index (χ3n) is 5.02. The predicted octanol–water partition coefficient (Wildman–Crippen LogP) is 2.20. The summed E-state index contributed by atoms with van der Waals surface area (Å²) in [4.78, 5) is 30.7. The van der Waals surface area contributed by atoms with Gasteiger partial charge in [-0.15, -0.1) is 0 Å². The maximum atomic E-state index is 13.3. The first-order valence-corrected chi connectivity index (χ1v) is 9.81. The first-order chi connectivity index (χ1) is 13.8. The Morgan fingerprint density at radius 1 is 1.17 bits per heavy atom. The van der Waals surface area contributed by atoms with E-state index < -0.39 is 11.2 Å². The van der Waals surface area contributed by atoms with Gasteiger partial charge in [0.2, 0.25) is 5.78 Å². The molecule has 0 aliphatic carbocycles. The molecule has 0 fully saturated rings. The number of aliphatic hydroxyl groups is 1. The smallest absolute Gasteiger partial charge is 0.332 e. The highest BCUT2D eigenvalue weighted by Gasteiger charge is 2.20. The summed E-state index contributed by atoms with van der Waals surface area (Å²) >= 11 is 12.2. The van der Waals surface area contributed by atoms with Gasteiger partial charge in [0.05, 0.1) is 6.54 Å². The molecule has 0 amide bonds. The zero-order chi connectivity index (χ0) is 20.9. The molecule has 0 saturated carbocycles. The van der Waals surface area contributed by atoms with Gasteiger partial charge < -0.3 is 9.67 Å². The minimum Gasteiger partial charge on any atom is -0.396 e. The Kier molecular flexibility index (Phi) is 5.02. The molecule has 0 aliphatic rings. The van der Waals surface area contributed by atoms with Crippen LogP contribution in [-0.4, -0.2) is 34.8 Å². The van der Waals surface area contributed by atoms with E-state index in [9.17, 15) is 9.59 Å². The van der Waals surface area contributed by atoms with Gasteiger partial charge in [-0.05, 0) is 31.0 Å². The lowest BCUT2D eigenvalue weighted by Crippen LogP contribution is -2.39. The van der Waals surface area contributed by atoms with E-state index in [0.717, 1.165) is 10.3 Å². The van der Waals surface area contributed by atoms with Gasteiger partial charge in [0, 0.05) is 42.1 Å². The maximum Gasteiger partial charge on any atom is 0.332 e. The van der Waals surface area contributed by atoms with Crippen LogP contribution >= 0.6 is 23.2 Å². The fraction of sp³-hybridized carbons (Fsp3) is 0.316. The first-order valence-electron chi connectivity index (χ1n) is 9.06. The Morgan fingerprint density at radius 2 is 1.93 bits per heavy atom. The molecule has 0 atom stereocenters. The standard InChI is InChI=1S/C19H19Cl2N5O3/c1-11-9-25-15-16(22-18(25)24(11)6-3-7-27)23(2)19(29)26(17(15)28)10-12-4-5-13(20)8-14(12)21/h4-5,8-9,27H,3,6-7,10H2,1-2H3. The molecule has 0 aliphatic heterocycles. The number of aliphatic hydroxyl groups excluding tert-OH is 1. The van der Waals surface area contributed by atoms with E-state index in [4.69, 9.17) is 28.3 Å². The lowest BCUT2D eigenvalue weighted by molar-refractivity contribution is 0.280. The number of halogens is 2. The quantitative estimate of drug-likeness (QED) is 0.520. The molecule has 29 heavy (non-hydrogen) atoms. The first kappa shape index (κ1) is 19.8. The minimum atomic E-state index is -0.479. The molecule has 0 unspecified atom stereocenters. The van der Waals surface area contributed by atoms with E-state index in [1.807, 2.05) is 17.7 Å². The molecule has 1 aromatic carbocycles. The molecule has 4 aromatic rings. The van der Waals surface area contributed by atoms with Gasteiger partial charge in [-0.25, -0.2) is 4.79 Å². The average molecular weight is 436 g/mol. The zero-order valence-corrected chi connectivity index (χ0v) is 17.4. The third kappa shape index (κ3) is 3.17. The van der Waals surface area contributed by atoms with E-state index >= 15 is 0 Å². The molecular formula is C19H19Cl2N5O3. The summed E-state index contributed by atoms with van der Waals surface area (Å²) in [6, 6.07) is 4.94. The number of fused-ring (bicyclic) bond motifs is 3. The van der Waals surface area contributed by atoms with Crippen molar-refractivity contribution >= 4 is 40.1 Å². The second-order valence-corrected chi connectivity index (χ2v) is 7.77. The summed E-state index contributed by atoms with van der Waals surface area (Å²) in [5.41, 5.74) is 1.23. The van der Waals surface area contributed by atoms with Crippen LogP contribution in [-0.2, 0) is 20.1 Å². The molecule has 0 saturated heterocycles. The number of benzene rings is 1. The van der Waals surface area contributed by atoms with Crippen molar-refractivity contribution in [2.75, 3.05) is 6.61 Å². The van der Waals surface area contributed by atoms with Crippen molar-refractivity contribution in [1.82, 2.24) is 23.1 Å². The molecule has 0 radical (unpaired) electrons. The molecular weight excluding hydrogens is 417 g/mol. The Balaban J connectivity index is 1.96. The number of rotatable bonds is 5. The third-order valence-corrected chi connectivity index (χ3v) is 5.61. The normalized spacial score (nSPS) is 11.8. The Bertz CT molecular complexity index is 1360. The van der Waals surface area contributed by atoms with Crippen molar-refractivity contribution in [3.63, 3.8) is 0 Å². The maximum absolute atomic E-state index is 13.3. The molecule has 10 heteroatoms. The summed E-state index contributed by atoms with van der Waals surface area (Å²) < 4.78 is 6.12. The summed E-state index contributed by atoms with van der Waals surface area (Å²) in [6.07, 6.45) is 2.38. The van der Waals surface area contributed by atoms with Crippen LogP contribution in [0.15, 0.2) is 34.0 Å². The second-order valence-electron chi connectivity index (χ2n) is 6.92. The zero-order valence-electron chi connectivity index (χ0n) is 15.9. The number of aromatic nitrogens is 5. The Labute approximate surface area is 175 Å². The van der Waals surface area contributed by atoms with Gasteiger partial charge in [-0.2, -0.15) is 4.98 Å². The van der Waals surface area contributed by atoms with E-state index in [0.29, 0.717) is 45.5 Å². The second kappa shape index (κ2) is 7.37. The summed E-state index contributed by atoms with van der Waals surface area (Å²) in [5.74, 6) is 0.556. The number of hydrogen-bond acceptors (Lipinski definition) is 4. The van der Waals surface area contributed by atoms with Crippen LogP contribution in [0, 0.1) is 6.92 Å². The summed E-state index contributed by atoms with van der Waals surface area (Å²) in [7, 11) is 1.58. The van der Waals surface area contributed by atoms with Crippen LogP contribution in [0.2, 0.25) is 10.0 Å². The highest BCUT2D eigenvalue weighted by Crippen LogP contribution is 2.22. The van der Waals surface area contributed by atoms with Crippen molar-refractivity contribution in [3.8, 4) is 0 Å². The van der Waals surface area contributed by atoms with Crippen LogP contribution in [0.25, 0.3) is 16.9 Å². The molecule has 4 rings (SSSR count). The van der Waals surface area contributed by atoms with Crippen LogP contribution in [0.5, 0.6) is 0 Å². The van der Waals surface area contributed by atoms with Crippen molar-refractivity contribution < 1.29 is 5.11 Å². The molecule has 3 heterocycles. The Morgan fingerprint density at radius 3 is 2.62 bits per heavy atom. The van der Waals surface area contributed by atoms with Gasteiger partial charge in [-0.3, -0.25) is 18.3 Å². The van der Waals surface area contributed by atoms with Gasteiger partial charge in [0.25, 0.3) is 5.56 Å². The number of aryl methyl sites for hydroxylation is 3. The topological polar surface area (TPSA) is 86.5 Å². The Hall–Kier alpha value is -2.55. The highest BCUT2D eigenvalue weighted by molar-refractivity contribution is 6.35. The molecule has 152 valence electrons. The fourth-order valence-corrected chi connectivity index (χ4v) is 3.99. The van der Waals surface area contributed by atoms with Gasteiger partial charge in [-0.1, -0.05) is 29.3 Å². The van der Waals surface area contributed by atoms with Gasteiger partial charge in [0.15, 0.2) is 11.2 Å². The molecule has 1 N–H and O–H groups in total. The van der Waals surface area contributed by atoms with Gasteiger partial charge >= 0.3 is 5.69 Å². The van der Waals surface area contributed by atoms with Crippen molar-refractivity contribution in [1.29, 1.82) is 0 Å². The highest BCUT2D eigenvalue weighted by atomic mass is 35.5. The summed E-state index contributed by atoms with van der Waals surface area (Å²) in [5, 5.41) is 10.0. The van der Waals surface area contributed by atoms with Crippen molar-refractivity contribution in [2.45, 2.75) is 26.4 Å². The number of imidazole rings is 2. The molecule has 0 spiro atoms. The van der Waals surface area contributed by atoms with Crippen LogP contribution in [0.3, 0.4) is 0 Å². The number of hydrogen-bond donors (Lipinski definition) is 1. The summed E-state index contributed by atoms with van der Waals surface area (Å²) in [6.45, 7) is 2.54. The van der Waals surface area contributed by atoms with Crippen molar-refractivity contribution in [2.24, 2.45) is 7.05 Å². The predicted molar refractivity (Wildman–Crippen MR) is 112 cm³/mol. The van der Waals surface area contributed by atoms with E-state index in [1.54, 1.807) is 29.6 Å². The SMILES string of the molecule is Cc1cn2c3c(=O)n(Cc4ccc(Cl)cc4Cl)c(=O)n(C)c3nc2n1CCCO. The fourth-order valence-electron chi connectivity index (χ4n) is 3.52. The average Bonchev–Trinajstić information content (AvgIpc) is 3.18. The van der Waals surface area contributed by atoms with Crippen molar-refractivity contribution in [3.05, 3.63) is 66.5 Å². The molecule has 0 bridgehead atoms. The van der Waals surface area contributed by atoms with E-state index in [2.05, 4.69) is 4.98 Å². The van der Waals surface area contributed by atoms with Crippen LogP contribution < -0.4 is 11.2 Å². The monoisotopic (exact) mass is 435 g/mol. The molecule has 3 aromatic heterocycles. The number of nitrogens with zero attached hydrogens (tertiary/aromatic N) is 5. The van der Waals surface area contributed by atoms with Crippen LogP contribution in [0.4, 0.5) is 0 Å². The lowest BCUT2D eigenvalue weighted by atomic mass is 10.2. The van der Waals surface area contributed by atoms with E-state index in [-0.39, 0.29) is 13.2 Å². The largest absolute Gasteiger partial charge is 0.396 e. The lowest BCUT2D eigenvalue weighted by Gasteiger charge is -2.09. The van der Waals surface area contributed by atoms with Gasteiger partial charge in [0.1, 0.15) is 0 Å². The molecule has 8 nitrogen and oxygen atoms in total.